The molecule has 3 heteroatoms. The average Bonchev–Trinajstić information content (AvgIpc) is 2.61. The summed E-state index contributed by atoms with van der Waals surface area (Å²) < 4.78 is 0. The Morgan fingerprint density at radius 1 is 0.696 bits per heavy atom. The zero-order valence-electron chi connectivity index (χ0n) is 12.6. The summed E-state index contributed by atoms with van der Waals surface area (Å²) in [5.74, 6) is 0. The molecule has 0 saturated carbocycles. The lowest BCUT2D eigenvalue weighted by Gasteiger charge is -2.12. The molecule has 0 fully saturated rings. The van der Waals surface area contributed by atoms with Gasteiger partial charge in [0.05, 0.1) is 6.54 Å². The van der Waals surface area contributed by atoms with Crippen LogP contribution in [0.3, 0.4) is 0 Å². The van der Waals surface area contributed by atoms with Gasteiger partial charge >= 0.3 is 0 Å². The predicted octanol–water partition coefficient (Wildman–Crippen LogP) is 6.08. The Balaban J connectivity index is 1.85. The molecule has 0 bridgehead atoms. The number of benzene rings is 3. The summed E-state index contributed by atoms with van der Waals surface area (Å²) >= 11 is 5.99. The molecule has 1 unspecified atom stereocenters. The molecule has 23 heavy (non-hydrogen) atoms. The normalized spacial score (nSPS) is 12.4. The third-order valence-electron chi connectivity index (χ3n) is 3.59. The standard InChI is InChI=1S/C20H17ClN2/c21-19-13-11-18(12-14-19)20(17-9-5-2-6-10-17)23-22-15-16-7-3-1-4-8-16/h1-14,20H,15H2. The van der Waals surface area contributed by atoms with E-state index in [4.69, 9.17) is 11.6 Å². The van der Waals surface area contributed by atoms with Gasteiger partial charge in [0.15, 0.2) is 0 Å². The van der Waals surface area contributed by atoms with Crippen molar-refractivity contribution >= 4 is 11.6 Å². The van der Waals surface area contributed by atoms with E-state index in [1.54, 1.807) is 0 Å². The fourth-order valence-corrected chi connectivity index (χ4v) is 2.52. The maximum absolute atomic E-state index is 5.99. The zero-order valence-corrected chi connectivity index (χ0v) is 13.4. The van der Waals surface area contributed by atoms with E-state index in [0.717, 1.165) is 21.7 Å². The second-order valence-corrected chi connectivity index (χ2v) is 5.70. The summed E-state index contributed by atoms with van der Waals surface area (Å²) in [4.78, 5) is 0. The molecular weight excluding hydrogens is 304 g/mol. The summed E-state index contributed by atoms with van der Waals surface area (Å²) in [6.07, 6.45) is 0. The van der Waals surface area contributed by atoms with Gasteiger partial charge in [-0.3, -0.25) is 0 Å². The molecule has 1 atom stereocenters. The first-order valence-electron chi connectivity index (χ1n) is 7.54. The van der Waals surface area contributed by atoms with E-state index in [9.17, 15) is 0 Å². The molecule has 0 heterocycles. The van der Waals surface area contributed by atoms with Crippen molar-refractivity contribution in [3.63, 3.8) is 0 Å². The number of hydrogen-bond acceptors (Lipinski definition) is 2. The second-order valence-electron chi connectivity index (χ2n) is 5.27. The lowest BCUT2D eigenvalue weighted by Crippen LogP contribution is -1.97. The minimum atomic E-state index is -0.114. The summed E-state index contributed by atoms with van der Waals surface area (Å²) in [7, 11) is 0. The largest absolute Gasteiger partial charge is 0.188 e. The molecule has 0 amide bonds. The maximum atomic E-state index is 5.99. The lowest BCUT2D eigenvalue weighted by atomic mass is 10.00. The molecular formula is C20H17ClN2. The fourth-order valence-electron chi connectivity index (χ4n) is 2.39. The molecule has 3 rings (SSSR count). The van der Waals surface area contributed by atoms with E-state index in [-0.39, 0.29) is 6.04 Å². The van der Waals surface area contributed by atoms with Crippen LogP contribution in [-0.2, 0) is 6.54 Å². The molecule has 0 N–H and O–H groups in total. The van der Waals surface area contributed by atoms with Crippen molar-refractivity contribution in [1.82, 2.24) is 0 Å². The van der Waals surface area contributed by atoms with Gasteiger partial charge in [-0.25, -0.2) is 0 Å². The number of azo groups is 1. The lowest BCUT2D eigenvalue weighted by molar-refractivity contribution is 0.757. The molecule has 2 nitrogen and oxygen atoms in total. The molecule has 0 radical (unpaired) electrons. The van der Waals surface area contributed by atoms with E-state index < -0.39 is 0 Å². The minimum absolute atomic E-state index is 0.114. The van der Waals surface area contributed by atoms with Crippen molar-refractivity contribution in [1.29, 1.82) is 0 Å². The van der Waals surface area contributed by atoms with Crippen LogP contribution >= 0.6 is 11.6 Å². The third kappa shape index (κ3) is 4.27. The van der Waals surface area contributed by atoms with Crippen molar-refractivity contribution in [3.8, 4) is 0 Å². The van der Waals surface area contributed by atoms with Gasteiger partial charge in [0, 0.05) is 5.02 Å². The fraction of sp³-hybridized carbons (Fsp3) is 0.100. The van der Waals surface area contributed by atoms with Gasteiger partial charge in [-0.1, -0.05) is 84.4 Å². The number of hydrogen-bond donors (Lipinski definition) is 0. The first-order chi connectivity index (χ1) is 11.3. The Kier molecular flexibility index (Phi) is 5.17. The van der Waals surface area contributed by atoms with E-state index >= 15 is 0 Å². The predicted molar refractivity (Wildman–Crippen MR) is 94.7 cm³/mol. The van der Waals surface area contributed by atoms with Crippen LogP contribution in [0.25, 0.3) is 0 Å². The quantitative estimate of drug-likeness (QED) is 0.509. The van der Waals surface area contributed by atoms with Gasteiger partial charge in [-0.05, 0) is 28.8 Å². The van der Waals surface area contributed by atoms with Crippen molar-refractivity contribution in [2.24, 2.45) is 10.2 Å². The number of halogens is 1. The van der Waals surface area contributed by atoms with Gasteiger partial charge in [-0.15, -0.1) is 0 Å². The highest BCUT2D eigenvalue weighted by Crippen LogP contribution is 2.27. The topological polar surface area (TPSA) is 24.7 Å². The van der Waals surface area contributed by atoms with Gasteiger partial charge in [-0.2, -0.15) is 10.2 Å². The maximum Gasteiger partial charge on any atom is 0.121 e. The molecule has 0 aromatic heterocycles. The van der Waals surface area contributed by atoms with Gasteiger partial charge in [0.2, 0.25) is 0 Å². The van der Waals surface area contributed by atoms with E-state index in [1.807, 2.05) is 60.7 Å². The molecule has 0 saturated heterocycles. The first kappa shape index (κ1) is 15.4. The van der Waals surface area contributed by atoms with Gasteiger partial charge < -0.3 is 0 Å². The van der Waals surface area contributed by atoms with Crippen LogP contribution in [0.2, 0.25) is 5.02 Å². The molecule has 0 spiro atoms. The number of nitrogens with zero attached hydrogens (tertiary/aromatic N) is 2. The van der Waals surface area contributed by atoms with Crippen LogP contribution in [-0.4, -0.2) is 0 Å². The molecule has 0 aliphatic heterocycles. The SMILES string of the molecule is Clc1ccc(C(N=NCc2ccccc2)c2ccccc2)cc1. The third-order valence-corrected chi connectivity index (χ3v) is 3.85. The summed E-state index contributed by atoms with van der Waals surface area (Å²) in [6.45, 7) is 0.581. The van der Waals surface area contributed by atoms with E-state index in [1.165, 1.54) is 0 Å². The average molecular weight is 321 g/mol. The highest BCUT2D eigenvalue weighted by atomic mass is 35.5. The van der Waals surface area contributed by atoms with Crippen molar-refractivity contribution in [3.05, 3.63) is 107 Å². The van der Waals surface area contributed by atoms with Crippen LogP contribution in [0.4, 0.5) is 0 Å². The van der Waals surface area contributed by atoms with Crippen molar-refractivity contribution < 1.29 is 0 Å². The zero-order chi connectivity index (χ0) is 15.9. The number of rotatable bonds is 5. The Morgan fingerprint density at radius 3 is 1.91 bits per heavy atom. The van der Waals surface area contributed by atoms with E-state index in [2.05, 4.69) is 34.5 Å². The van der Waals surface area contributed by atoms with Gasteiger partial charge in [0.1, 0.15) is 6.04 Å². The van der Waals surface area contributed by atoms with Crippen LogP contribution in [0.5, 0.6) is 0 Å². The Hall–Kier alpha value is -2.45. The minimum Gasteiger partial charge on any atom is -0.188 e. The molecule has 0 aliphatic rings. The molecule has 114 valence electrons. The van der Waals surface area contributed by atoms with Crippen LogP contribution in [0, 0.1) is 0 Å². The Morgan fingerprint density at radius 2 is 1.26 bits per heavy atom. The summed E-state index contributed by atoms with van der Waals surface area (Å²) in [5, 5.41) is 9.70. The van der Waals surface area contributed by atoms with Crippen LogP contribution in [0.1, 0.15) is 22.7 Å². The smallest absolute Gasteiger partial charge is 0.121 e. The second kappa shape index (κ2) is 7.70. The first-order valence-corrected chi connectivity index (χ1v) is 7.92. The summed E-state index contributed by atoms with van der Waals surface area (Å²) in [6, 6.07) is 28.0. The summed E-state index contributed by atoms with van der Waals surface area (Å²) in [5.41, 5.74) is 3.35. The Bertz CT molecular complexity index is 753. The Labute approximate surface area is 141 Å². The van der Waals surface area contributed by atoms with Gasteiger partial charge in [0.25, 0.3) is 0 Å². The van der Waals surface area contributed by atoms with Crippen molar-refractivity contribution in [2.75, 3.05) is 0 Å². The molecule has 3 aromatic carbocycles. The van der Waals surface area contributed by atoms with Crippen molar-refractivity contribution in [2.45, 2.75) is 12.6 Å². The molecule has 0 aliphatic carbocycles. The molecule has 3 aromatic rings. The highest BCUT2D eigenvalue weighted by Gasteiger charge is 2.12. The van der Waals surface area contributed by atoms with Crippen LogP contribution in [0.15, 0.2) is 95.2 Å². The monoisotopic (exact) mass is 320 g/mol. The van der Waals surface area contributed by atoms with Crippen LogP contribution < -0.4 is 0 Å². The highest BCUT2D eigenvalue weighted by molar-refractivity contribution is 6.30. The van der Waals surface area contributed by atoms with E-state index in [0.29, 0.717) is 6.54 Å².